The van der Waals surface area contributed by atoms with E-state index in [-0.39, 0.29) is 5.91 Å². The number of benzene rings is 1. The molecule has 0 radical (unpaired) electrons. The van der Waals surface area contributed by atoms with Crippen LogP contribution in [-0.4, -0.2) is 15.9 Å². The van der Waals surface area contributed by atoms with Gasteiger partial charge in [0.1, 0.15) is 9.21 Å². The number of thiophene rings is 1. The molecule has 0 aliphatic rings. The Morgan fingerprint density at radius 1 is 1.25 bits per heavy atom. The van der Waals surface area contributed by atoms with Crippen LogP contribution in [0.3, 0.4) is 0 Å². The van der Waals surface area contributed by atoms with Crippen LogP contribution in [0.5, 0.6) is 0 Å². The van der Waals surface area contributed by atoms with Crippen LogP contribution in [0.15, 0.2) is 45.7 Å². The molecule has 20 heavy (non-hydrogen) atoms. The predicted molar refractivity (Wildman–Crippen MR) is 87.2 cm³/mol. The van der Waals surface area contributed by atoms with Crippen LogP contribution in [-0.2, 0) is 0 Å². The number of fused-ring (bicyclic) bond motifs is 1. The Labute approximate surface area is 135 Å². The summed E-state index contributed by atoms with van der Waals surface area (Å²) in [5.74, 6) is 0.208. The smallest absolute Gasteiger partial charge is 0.266 e. The summed E-state index contributed by atoms with van der Waals surface area (Å²) in [5.41, 5.74) is 0. The molecule has 7 heteroatoms. The molecule has 3 aromatic rings. The summed E-state index contributed by atoms with van der Waals surface area (Å²) in [7, 11) is 0. The highest BCUT2D eigenvalue weighted by Gasteiger charge is 2.13. The first-order chi connectivity index (χ1) is 9.63. The zero-order valence-electron chi connectivity index (χ0n) is 9.93. The van der Waals surface area contributed by atoms with Crippen molar-refractivity contribution >= 4 is 65.0 Å². The Balaban J connectivity index is 1.89. The highest BCUT2D eigenvalue weighted by molar-refractivity contribution is 9.11. The van der Waals surface area contributed by atoms with Crippen LogP contribution in [0.4, 0.5) is 5.82 Å². The highest BCUT2D eigenvalue weighted by Crippen LogP contribution is 2.26. The van der Waals surface area contributed by atoms with Crippen molar-refractivity contribution in [2.75, 3.05) is 5.32 Å². The zero-order valence-corrected chi connectivity index (χ0v) is 13.9. The third-order valence-corrected chi connectivity index (χ3v) is 4.63. The number of nitrogens with one attached hydrogen (secondary N) is 1. The molecule has 0 bridgehead atoms. The van der Waals surface area contributed by atoms with Gasteiger partial charge in [0, 0.05) is 4.70 Å². The number of amides is 1. The van der Waals surface area contributed by atoms with Gasteiger partial charge in [-0.05, 0) is 49.4 Å². The number of nitrogens with zero attached hydrogens (tertiary/aromatic N) is 2. The van der Waals surface area contributed by atoms with Crippen LogP contribution in [0, 0.1) is 0 Å². The molecule has 0 aliphatic heterocycles. The Kier molecular flexibility index (Phi) is 3.82. The van der Waals surface area contributed by atoms with Crippen molar-refractivity contribution in [3.8, 4) is 0 Å². The number of hydrogen-bond acceptors (Lipinski definition) is 4. The fourth-order valence-corrected chi connectivity index (χ4v) is 3.56. The third kappa shape index (κ3) is 2.74. The summed E-state index contributed by atoms with van der Waals surface area (Å²) in [6.07, 6.45) is 1.53. The van der Waals surface area contributed by atoms with Crippen molar-refractivity contribution in [3.05, 3.63) is 50.6 Å². The van der Waals surface area contributed by atoms with Gasteiger partial charge in [-0.3, -0.25) is 4.79 Å². The van der Waals surface area contributed by atoms with Gasteiger partial charge in [0.25, 0.3) is 5.91 Å². The maximum atomic E-state index is 12.2. The van der Waals surface area contributed by atoms with E-state index in [0.29, 0.717) is 19.9 Å². The van der Waals surface area contributed by atoms with Crippen molar-refractivity contribution in [3.63, 3.8) is 0 Å². The molecule has 0 spiro atoms. The monoisotopic (exact) mass is 411 g/mol. The topological polar surface area (TPSA) is 54.9 Å². The van der Waals surface area contributed by atoms with Gasteiger partial charge in [0.2, 0.25) is 0 Å². The summed E-state index contributed by atoms with van der Waals surface area (Å²) in [4.78, 5) is 21.1. The molecule has 0 saturated heterocycles. The first-order valence-electron chi connectivity index (χ1n) is 5.61. The molecule has 0 unspecified atom stereocenters. The lowest BCUT2D eigenvalue weighted by molar-refractivity contribution is 0.103. The molecule has 1 aromatic carbocycles. The Bertz CT molecular complexity index is 770. The molecular formula is C13H7Br2N3OS. The number of carbonyl (C=O) groups is 1. The zero-order chi connectivity index (χ0) is 14.1. The van der Waals surface area contributed by atoms with E-state index in [1.807, 2.05) is 30.3 Å². The van der Waals surface area contributed by atoms with Gasteiger partial charge < -0.3 is 5.32 Å². The molecule has 0 fully saturated rings. The van der Waals surface area contributed by atoms with Gasteiger partial charge >= 0.3 is 0 Å². The lowest BCUT2D eigenvalue weighted by Gasteiger charge is -2.04. The van der Waals surface area contributed by atoms with Crippen molar-refractivity contribution < 1.29 is 4.79 Å². The van der Waals surface area contributed by atoms with Gasteiger partial charge in [0.05, 0.1) is 11.1 Å². The van der Waals surface area contributed by atoms with Gasteiger partial charge in [-0.15, -0.1) is 11.3 Å². The van der Waals surface area contributed by atoms with Crippen molar-refractivity contribution in [2.45, 2.75) is 0 Å². The van der Waals surface area contributed by atoms with E-state index in [4.69, 9.17) is 0 Å². The first-order valence-corrected chi connectivity index (χ1v) is 8.02. The fourth-order valence-electron chi connectivity index (χ4n) is 1.69. The van der Waals surface area contributed by atoms with Crippen molar-refractivity contribution in [1.29, 1.82) is 0 Å². The summed E-state index contributed by atoms with van der Waals surface area (Å²) < 4.78 is 2.17. The molecule has 100 valence electrons. The molecule has 0 atom stereocenters. The highest BCUT2D eigenvalue weighted by atomic mass is 79.9. The van der Waals surface area contributed by atoms with Crippen LogP contribution in [0.25, 0.3) is 10.1 Å². The maximum Gasteiger partial charge on any atom is 0.266 e. The van der Waals surface area contributed by atoms with E-state index in [2.05, 4.69) is 47.1 Å². The van der Waals surface area contributed by atoms with E-state index in [1.54, 1.807) is 0 Å². The molecule has 2 heterocycles. The summed E-state index contributed by atoms with van der Waals surface area (Å²) in [6.45, 7) is 0. The maximum absolute atomic E-state index is 12.2. The fraction of sp³-hybridized carbons (Fsp3) is 0. The summed E-state index contributed by atoms with van der Waals surface area (Å²) in [5, 5.41) is 3.80. The van der Waals surface area contributed by atoms with Crippen LogP contribution >= 0.6 is 43.2 Å². The number of aromatic nitrogens is 2. The van der Waals surface area contributed by atoms with E-state index in [1.165, 1.54) is 17.5 Å². The molecular weight excluding hydrogens is 406 g/mol. The quantitative estimate of drug-likeness (QED) is 0.675. The number of carbonyl (C=O) groups excluding carboxylic acids is 1. The molecule has 0 saturated carbocycles. The van der Waals surface area contributed by atoms with E-state index >= 15 is 0 Å². The van der Waals surface area contributed by atoms with E-state index in [0.717, 1.165) is 10.1 Å². The van der Waals surface area contributed by atoms with Crippen molar-refractivity contribution in [2.24, 2.45) is 0 Å². The Morgan fingerprint density at radius 2 is 2.05 bits per heavy atom. The van der Waals surface area contributed by atoms with E-state index < -0.39 is 0 Å². The average Bonchev–Trinajstić information content (AvgIpc) is 2.86. The second kappa shape index (κ2) is 5.59. The lowest BCUT2D eigenvalue weighted by Crippen LogP contribution is -2.12. The molecule has 4 nitrogen and oxygen atoms in total. The molecule has 1 amide bonds. The van der Waals surface area contributed by atoms with Gasteiger partial charge in [0.15, 0.2) is 5.82 Å². The number of rotatable bonds is 2. The second-order valence-electron chi connectivity index (χ2n) is 3.93. The molecule has 0 aliphatic carbocycles. The molecule has 2 aromatic heterocycles. The van der Waals surface area contributed by atoms with Gasteiger partial charge in [-0.2, -0.15) is 0 Å². The third-order valence-electron chi connectivity index (χ3n) is 2.58. The SMILES string of the molecule is O=C(Nc1ncc(Br)nc1Br)c1cc2ccccc2s1. The standard InChI is InChI=1S/C13H7Br2N3OS/c14-10-6-16-12(11(15)17-10)18-13(19)9-5-7-3-1-2-4-8(7)20-9/h1-6H,(H,16,18,19). The molecule has 3 rings (SSSR count). The first kappa shape index (κ1) is 13.7. The predicted octanol–water partition coefficient (Wildman–Crippen LogP) is 4.47. The largest absolute Gasteiger partial charge is 0.304 e. The minimum absolute atomic E-state index is 0.191. The normalized spacial score (nSPS) is 10.7. The number of halogens is 2. The van der Waals surface area contributed by atoms with Crippen LogP contribution < -0.4 is 5.32 Å². The van der Waals surface area contributed by atoms with Gasteiger partial charge in [-0.1, -0.05) is 18.2 Å². The van der Waals surface area contributed by atoms with Crippen LogP contribution in [0.2, 0.25) is 0 Å². The number of anilines is 1. The Morgan fingerprint density at radius 3 is 2.80 bits per heavy atom. The lowest BCUT2D eigenvalue weighted by atomic mass is 10.2. The Hall–Kier alpha value is -1.31. The second-order valence-corrected chi connectivity index (χ2v) is 6.58. The number of hydrogen-bond donors (Lipinski definition) is 1. The summed E-state index contributed by atoms with van der Waals surface area (Å²) >= 11 is 7.93. The van der Waals surface area contributed by atoms with E-state index in [9.17, 15) is 4.79 Å². The van der Waals surface area contributed by atoms with Crippen molar-refractivity contribution in [1.82, 2.24) is 9.97 Å². The molecule has 1 N–H and O–H groups in total. The van der Waals surface area contributed by atoms with Gasteiger partial charge in [-0.25, -0.2) is 9.97 Å². The minimum atomic E-state index is -0.191. The average molecular weight is 413 g/mol. The van der Waals surface area contributed by atoms with Crippen LogP contribution in [0.1, 0.15) is 9.67 Å². The minimum Gasteiger partial charge on any atom is -0.304 e. The summed E-state index contributed by atoms with van der Waals surface area (Å²) in [6, 6.07) is 9.75.